The molecule has 1 N–H and O–H groups in total. The standard InChI is InChI=1S/C22H20ClF3N2O2/c1-13(2)14-3-5-15(6-4-14)19-12-27-21(30-19)10-9-20(29)28-18-11-16(22(24,25)26)7-8-17(18)23/h3-8,11-13H,9-10H2,1-2H3,(H,28,29). The second-order valence-corrected chi connectivity index (χ2v) is 7.54. The number of amides is 1. The highest BCUT2D eigenvalue weighted by molar-refractivity contribution is 6.33. The Morgan fingerprint density at radius 2 is 1.87 bits per heavy atom. The molecule has 0 unspecified atom stereocenters. The maximum atomic E-state index is 12.8. The largest absolute Gasteiger partial charge is 0.441 e. The van der Waals surface area contributed by atoms with Gasteiger partial charge in [-0.3, -0.25) is 4.79 Å². The Morgan fingerprint density at radius 1 is 1.17 bits per heavy atom. The van der Waals surface area contributed by atoms with E-state index in [1.165, 1.54) is 5.56 Å². The van der Waals surface area contributed by atoms with Crippen molar-refractivity contribution in [2.75, 3.05) is 5.32 Å². The Bertz CT molecular complexity index is 1030. The van der Waals surface area contributed by atoms with Crippen molar-refractivity contribution in [1.82, 2.24) is 4.98 Å². The van der Waals surface area contributed by atoms with Crippen LogP contribution in [-0.4, -0.2) is 10.9 Å². The van der Waals surface area contributed by atoms with Crippen LogP contribution in [-0.2, 0) is 17.4 Å². The smallest absolute Gasteiger partial charge is 0.416 e. The SMILES string of the molecule is CC(C)c1ccc(-c2cnc(CCC(=O)Nc3cc(C(F)(F)F)ccc3Cl)o2)cc1. The number of rotatable bonds is 6. The first-order valence-corrected chi connectivity index (χ1v) is 9.73. The molecule has 1 heterocycles. The van der Waals surface area contributed by atoms with Gasteiger partial charge in [0.15, 0.2) is 11.7 Å². The summed E-state index contributed by atoms with van der Waals surface area (Å²) in [5.74, 6) is 0.885. The van der Waals surface area contributed by atoms with Crippen molar-refractivity contribution in [2.45, 2.75) is 38.8 Å². The van der Waals surface area contributed by atoms with Gasteiger partial charge in [-0.25, -0.2) is 4.98 Å². The molecule has 3 rings (SSSR count). The van der Waals surface area contributed by atoms with E-state index in [0.717, 1.165) is 23.8 Å². The van der Waals surface area contributed by atoms with Gasteiger partial charge in [0.1, 0.15) is 0 Å². The van der Waals surface area contributed by atoms with Crippen molar-refractivity contribution in [3.05, 3.63) is 70.7 Å². The number of nitrogens with zero attached hydrogens (tertiary/aromatic N) is 1. The zero-order chi connectivity index (χ0) is 21.9. The van der Waals surface area contributed by atoms with Gasteiger partial charge in [-0.15, -0.1) is 0 Å². The minimum Gasteiger partial charge on any atom is -0.441 e. The van der Waals surface area contributed by atoms with Crippen molar-refractivity contribution in [2.24, 2.45) is 0 Å². The fraction of sp³-hybridized carbons (Fsp3) is 0.273. The molecule has 0 bridgehead atoms. The monoisotopic (exact) mass is 436 g/mol. The molecule has 0 atom stereocenters. The van der Waals surface area contributed by atoms with Crippen LogP contribution in [0.2, 0.25) is 5.02 Å². The number of nitrogens with one attached hydrogen (secondary N) is 1. The molecule has 0 saturated carbocycles. The number of aryl methyl sites for hydroxylation is 1. The number of halogens is 4. The minimum absolute atomic E-state index is 0.0151. The molecule has 0 aliphatic heterocycles. The van der Waals surface area contributed by atoms with Gasteiger partial charge in [-0.2, -0.15) is 13.2 Å². The van der Waals surface area contributed by atoms with Crippen LogP contribution in [0.4, 0.5) is 18.9 Å². The topological polar surface area (TPSA) is 55.1 Å². The summed E-state index contributed by atoms with van der Waals surface area (Å²) in [5.41, 5.74) is 1.11. The predicted octanol–water partition coefficient (Wildman–Crippen LogP) is 6.71. The highest BCUT2D eigenvalue weighted by Crippen LogP contribution is 2.34. The molecule has 0 aliphatic rings. The van der Waals surface area contributed by atoms with Crippen molar-refractivity contribution in [1.29, 1.82) is 0 Å². The van der Waals surface area contributed by atoms with Crippen molar-refractivity contribution >= 4 is 23.2 Å². The number of hydrogen-bond donors (Lipinski definition) is 1. The number of hydrogen-bond acceptors (Lipinski definition) is 3. The third-order valence-corrected chi connectivity index (χ3v) is 4.88. The van der Waals surface area contributed by atoms with Crippen molar-refractivity contribution < 1.29 is 22.4 Å². The molecule has 30 heavy (non-hydrogen) atoms. The number of aromatic nitrogens is 1. The van der Waals surface area contributed by atoms with Gasteiger partial charge in [0.2, 0.25) is 5.91 Å². The fourth-order valence-corrected chi connectivity index (χ4v) is 2.99. The van der Waals surface area contributed by atoms with E-state index in [0.29, 0.717) is 17.6 Å². The lowest BCUT2D eigenvalue weighted by Crippen LogP contribution is -2.14. The molecule has 0 spiro atoms. The number of carbonyl (C=O) groups is 1. The summed E-state index contributed by atoms with van der Waals surface area (Å²) in [7, 11) is 0. The third kappa shape index (κ3) is 5.42. The molecule has 4 nitrogen and oxygen atoms in total. The summed E-state index contributed by atoms with van der Waals surface area (Å²) in [6, 6.07) is 10.7. The molecule has 1 aromatic heterocycles. The van der Waals surface area contributed by atoms with Crippen LogP contribution in [0.3, 0.4) is 0 Å². The molecule has 0 radical (unpaired) electrons. The Morgan fingerprint density at radius 3 is 2.50 bits per heavy atom. The van der Waals surface area contributed by atoms with Crippen LogP contribution in [0, 0.1) is 0 Å². The van der Waals surface area contributed by atoms with Crippen LogP contribution in [0.15, 0.2) is 53.1 Å². The van der Waals surface area contributed by atoms with E-state index in [2.05, 4.69) is 24.1 Å². The number of carbonyl (C=O) groups excluding carboxylic acids is 1. The Hall–Kier alpha value is -2.80. The van der Waals surface area contributed by atoms with E-state index in [1.807, 2.05) is 24.3 Å². The summed E-state index contributed by atoms with van der Waals surface area (Å²) in [4.78, 5) is 16.3. The Labute approximate surface area is 177 Å². The van der Waals surface area contributed by atoms with Crippen LogP contribution in [0.25, 0.3) is 11.3 Å². The van der Waals surface area contributed by atoms with Gasteiger partial charge in [-0.1, -0.05) is 49.7 Å². The first kappa shape index (κ1) is 21.9. The van der Waals surface area contributed by atoms with E-state index in [4.69, 9.17) is 16.0 Å². The van der Waals surface area contributed by atoms with E-state index in [9.17, 15) is 18.0 Å². The molecule has 0 aliphatic carbocycles. The van der Waals surface area contributed by atoms with Crippen molar-refractivity contribution in [3.8, 4) is 11.3 Å². The number of benzene rings is 2. The van der Waals surface area contributed by atoms with Crippen LogP contribution >= 0.6 is 11.6 Å². The molecule has 0 fully saturated rings. The molecule has 1 amide bonds. The van der Waals surface area contributed by atoms with Gasteiger partial charge < -0.3 is 9.73 Å². The quantitative estimate of drug-likeness (QED) is 0.467. The number of anilines is 1. The first-order chi connectivity index (χ1) is 14.1. The van der Waals surface area contributed by atoms with Crippen molar-refractivity contribution in [3.63, 3.8) is 0 Å². The Kier molecular flexibility index (Phi) is 6.51. The molecule has 3 aromatic rings. The van der Waals surface area contributed by atoms with Gasteiger partial charge in [-0.05, 0) is 29.7 Å². The van der Waals surface area contributed by atoms with Gasteiger partial charge in [0.05, 0.1) is 22.5 Å². The molecule has 0 saturated heterocycles. The lowest BCUT2D eigenvalue weighted by molar-refractivity contribution is -0.137. The summed E-state index contributed by atoms with van der Waals surface area (Å²) >= 11 is 5.90. The molecular formula is C22H20ClF3N2O2. The van der Waals surface area contributed by atoms with Gasteiger partial charge in [0.25, 0.3) is 0 Å². The molecular weight excluding hydrogens is 417 g/mol. The molecule has 158 valence electrons. The summed E-state index contributed by atoms with van der Waals surface area (Å²) in [5, 5.41) is 2.44. The van der Waals surface area contributed by atoms with Crippen LogP contribution in [0.1, 0.15) is 43.2 Å². The van der Waals surface area contributed by atoms with Gasteiger partial charge >= 0.3 is 6.18 Å². The zero-order valence-corrected chi connectivity index (χ0v) is 17.1. The van der Waals surface area contributed by atoms with E-state index in [1.54, 1.807) is 6.20 Å². The van der Waals surface area contributed by atoms with Crippen LogP contribution < -0.4 is 5.32 Å². The second-order valence-electron chi connectivity index (χ2n) is 7.14. The van der Waals surface area contributed by atoms with Gasteiger partial charge in [0, 0.05) is 18.4 Å². The Balaban J connectivity index is 1.61. The lowest BCUT2D eigenvalue weighted by Gasteiger charge is -2.11. The average Bonchev–Trinajstić information content (AvgIpc) is 3.16. The maximum absolute atomic E-state index is 12.8. The summed E-state index contributed by atoms with van der Waals surface area (Å²) in [6.45, 7) is 4.22. The molecule has 2 aromatic carbocycles. The zero-order valence-electron chi connectivity index (χ0n) is 16.4. The predicted molar refractivity (Wildman–Crippen MR) is 109 cm³/mol. The summed E-state index contributed by atoms with van der Waals surface area (Å²) < 4.78 is 44.2. The fourth-order valence-electron chi connectivity index (χ4n) is 2.82. The summed E-state index contributed by atoms with van der Waals surface area (Å²) in [6.07, 6.45) is -2.75. The van der Waals surface area contributed by atoms with E-state index < -0.39 is 17.6 Å². The first-order valence-electron chi connectivity index (χ1n) is 9.35. The highest BCUT2D eigenvalue weighted by atomic mass is 35.5. The van der Waals surface area contributed by atoms with E-state index in [-0.39, 0.29) is 23.6 Å². The normalized spacial score (nSPS) is 11.7. The second kappa shape index (κ2) is 8.92. The van der Waals surface area contributed by atoms with Crippen LogP contribution in [0.5, 0.6) is 0 Å². The average molecular weight is 437 g/mol. The number of alkyl halides is 3. The highest BCUT2D eigenvalue weighted by Gasteiger charge is 2.31. The number of oxazole rings is 1. The molecule has 8 heteroatoms. The van der Waals surface area contributed by atoms with E-state index >= 15 is 0 Å². The lowest BCUT2D eigenvalue weighted by atomic mass is 10.0. The minimum atomic E-state index is -4.52. The maximum Gasteiger partial charge on any atom is 0.416 e. The third-order valence-electron chi connectivity index (χ3n) is 4.55.